The summed E-state index contributed by atoms with van der Waals surface area (Å²) in [7, 11) is 0. The number of carbonyl (C=O) groups excluding carboxylic acids is 1. The molecule has 1 aromatic heterocycles. The molecule has 1 fully saturated rings. The van der Waals surface area contributed by atoms with Crippen molar-refractivity contribution in [3.05, 3.63) is 76.6 Å². The lowest BCUT2D eigenvalue weighted by Gasteiger charge is -2.25. The molecule has 2 atom stereocenters. The number of nitrogens with one attached hydrogen (secondary N) is 1. The van der Waals surface area contributed by atoms with Gasteiger partial charge in [-0.3, -0.25) is 9.69 Å². The zero-order valence-electron chi connectivity index (χ0n) is 16.3. The minimum absolute atomic E-state index is 0.279. The quantitative estimate of drug-likeness (QED) is 0.693. The van der Waals surface area contributed by atoms with Crippen molar-refractivity contribution in [1.82, 2.24) is 19.7 Å². The Balaban J connectivity index is 1.28. The number of hydrogen-bond acceptors (Lipinski definition) is 4. The topological polar surface area (TPSA) is 63.1 Å². The number of rotatable bonds is 4. The fraction of sp³-hybridized carbons (Fsp3) is 0.318. The Hall–Kier alpha value is -2.77. The Kier molecular flexibility index (Phi) is 5.00. The van der Waals surface area contributed by atoms with Crippen molar-refractivity contribution in [2.24, 2.45) is 11.8 Å². The van der Waals surface area contributed by atoms with Gasteiger partial charge in [0.15, 0.2) is 0 Å². The van der Waals surface area contributed by atoms with Crippen LogP contribution < -0.4 is 5.32 Å². The number of likely N-dealkylation sites (tertiary alicyclic amines) is 1. The van der Waals surface area contributed by atoms with Crippen molar-refractivity contribution in [1.29, 1.82) is 0 Å². The van der Waals surface area contributed by atoms with E-state index in [1.165, 1.54) is 17.7 Å². The molecule has 30 heavy (non-hydrogen) atoms. The Labute approximate surface area is 178 Å². The molecule has 1 N–H and O–H groups in total. The number of hydrogen-bond donors (Lipinski definition) is 1. The third-order valence-electron chi connectivity index (χ3n) is 5.92. The molecule has 0 radical (unpaired) electrons. The Bertz CT molecular complexity index is 1100. The first-order valence-corrected chi connectivity index (χ1v) is 10.4. The lowest BCUT2D eigenvalue weighted by molar-refractivity contribution is 0.100. The summed E-state index contributed by atoms with van der Waals surface area (Å²) in [6, 6.07) is 13.8. The predicted molar refractivity (Wildman–Crippen MR) is 112 cm³/mol. The number of carbonyl (C=O) groups is 1. The smallest absolute Gasteiger partial charge is 0.293 e. The van der Waals surface area contributed by atoms with Gasteiger partial charge in [-0.05, 0) is 47.7 Å². The molecule has 154 valence electrons. The standard InChI is InChI=1S/C22H21ClFN5O/c23-17-4-1-3-14(7-17)10-28-11-15-8-20-26-27-21(29(20)13-16(15)12-28)22(30)25-19-6-2-5-18(24)9-19/h1-7,9,15-16H,8,10-13H2,(H,25,30). The van der Waals surface area contributed by atoms with Gasteiger partial charge in [0.1, 0.15) is 11.6 Å². The van der Waals surface area contributed by atoms with E-state index in [0.29, 0.717) is 24.1 Å². The monoisotopic (exact) mass is 425 g/mol. The maximum Gasteiger partial charge on any atom is 0.293 e. The van der Waals surface area contributed by atoms with Gasteiger partial charge >= 0.3 is 0 Å². The molecule has 2 aliphatic heterocycles. The van der Waals surface area contributed by atoms with E-state index in [0.717, 1.165) is 36.9 Å². The summed E-state index contributed by atoms with van der Waals surface area (Å²) in [5.41, 5.74) is 1.61. The number of anilines is 1. The Morgan fingerprint density at radius 1 is 1.10 bits per heavy atom. The van der Waals surface area contributed by atoms with Crippen molar-refractivity contribution >= 4 is 23.2 Å². The zero-order valence-corrected chi connectivity index (χ0v) is 17.0. The summed E-state index contributed by atoms with van der Waals surface area (Å²) >= 11 is 6.12. The second-order valence-corrected chi connectivity index (χ2v) is 8.50. The molecule has 0 spiro atoms. The van der Waals surface area contributed by atoms with Crippen LogP contribution in [-0.4, -0.2) is 38.7 Å². The summed E-state index contributed by atoms with van der Waals surface area (Å²) in [4.78, 5) is 15.1. The molecule has 5 rings (SSSR count). The number of fused-ring (bicyclic) bond motifs is 2. The molecule has 2 aliphatic rings. The number of nitrogens with zero attached hydrogens (tertiary/aromatic N) is 4. The lowest BCUT2D eigenvalue weighted by Crippen LogP contribution is -2.31. The van der Waals surface area contributed by atoms with Crippen LogP contribution in [0.15, 0.2) is 48.5 Å². The molecule has 0 bridgehead atoms. The number of benzene rings is 2. The Morgan fingerprint density at radius 3 is 2.77 bits per heavy atom. The highest BCUT2D eigenvalue weighted by atomic mass is 35.5. The summed E-state index contributed by atoms with van der Waals surface area (Å²) in [5.74, 6) is 1.29. The minimum atomic E-state index is -0.398. The van der Waals surface area contributed by atoms with E-state index in [4.69, 9.17) is 11.6 Å². The zero-order chi connectivity index (χ0) is 20.7. The van der Waals surface area contributed by atoms with Gasteiger partial charge in [-0.25, -0.2) is 4.39 Å². The van der Waals surface area contributed by atoms with Crippen LogP contribution in [0.2, 0.25) is 5.02 Å². The van der Waals surface area contributed by atoms with Gasteiger partial charge in [0.25, 0.3) is 5.91 Å². The summed E-state index contributed by atoms with van der Waals surface area (Å²) in [5, 5.41) is 11.8. The van der Waals surface area contributed by atoms with E-state index in [1.54, 1.807) is 12.1 Å². The molecular formula is C22H21ClFN5O. The van der Waals surface area contributed by atoms with Crippen molar-refractivity contribution in [2.45, 2.75) is 19.5 Å². The van der Waals surface area contributed by atoms with E-state index in [2.05, 4.69) is 26.5 Å². The van der Waals surface area contributed by atoms with Crippen LogP contribution in [0.3, 0.4) is 0 Å². The molecule has 8 heteroatoms. The van der Waals surface area contributed by atoms with Gasteiger partial charge in [-0.1, -0.05) is 29.8 Å². The van der Waals surface area contributed by atoms with E-state index in [-0.39, 0.29) is 11.7 Å². The fourth-order valence-electron chi connectivity index (χ4n) is 4.56. The minimum Gasteiger partial charge on any atom is -0.319 e. The molecule has 3 aromatic rings. The van der Waals surface area contributed by atoms with Crippen molar-refractivity contribution in [3.63, 3.8) is 0 Å². The molecule has 2 aromatic carbocycles. The fourth-order valence-corrected chi connectivity index (χ4v) is 4.78. The third kappa shape index (κ3) is 3.82. The lowest BCUT2D eigenvalue weighted by atomic mass is 9.89. The summed E-state index contributed by atoms with van der Waals surface area (Å²) in [6.45, 7) is 3.53. The van der Waals surface area contributed by atoms with Crippen molar-refractivity contribution in [3.8, 4) is 0 Å². The number of halogens is 2. The van der Waals surface area contributed by atoms with Crippen molar-refractivity contribution in [2.75, 3.05) is 18.4 Å². The predicted octanol–water partition coefficient (Wildman–Crippen LogP) is 3.63. The first-order valence-electron chi connectivity index (χ1n) is 10.0. The maximum absolute atomic E-state index is 13.4. The van der Waals surface area contributed by atoms with Crippen LogP contribution in [0.1, 0.15) is 22.0 Å². The largest absolute Gasteiger partial charge is 0.319 e. The van der Waals surface area contributed by atoms with E-state index < -0.39 is 5.82 Å². The van der Waals surface area contributed by atoms with Crippen molar-refractivity contribution < 1.29 is 9.18 Å². The first kappa shape index (κ1) is 19.2. The van der Waals surface area contributed by atoms with Crippen LogP contribution in [0.5, 0.6) is 0 Å². The molecular weight excluding hydrogens is 405 g/mol. The highest BCUT2D eigenvalue weighted by molar-refractivity contribution is 6.30. The van der Waals surface area contributed by atoms with Gasteiger partial charge in [0.2, 0.25) is 5.82 Å². The third-order valence-corrected chi connectivity index (χ3v) is 6.16. The second-order valence-electron chi connectivity index (χ2n) is 8.06. The highest BCUT2D eigenvalue weighted by Gasteiger charge is 2.39. The average Bonchev–Trinajstić information content (AvgIpc) is 3.28. The van der Waals surface area contributed by atoms with Crippen LogP contribution >= 0.6 is 11.6 Å². The normalized spacial score (nSPS) is 20.6. The number of aromatic nitrogens is 3. The number of amides is 1. The van der Waals surface area contributed by atoms with Gasteiger partial charge < -0.3 is 9.88 Å². The van der Waals surface area contributed by atoms with Crippen LogP contribution in [0, 0.1) is 17.7 Å². The summed E-state index contributed by atoms with van der Waals surface area (Å²) < 4.78 is 15.3. The van der Waals surface area contributed by atoms with E-state index in [1.807, 2.05) is 22.8 Å². The highest BCUT2D eigenvalue weighted by Crippen LogP contribution is 2.33. The molecule has 1 amide bonds. The van der Waals surface area contributed by atoms with Gasteiger partial charge in [0, 0.05) is 43.3 Å². The average molecular weight is 426 g/mol. The molecule has 2 unspecified atom stereocenters. The molecule has 3 heterocycles. The van der Waals surface area contributed by atoms with E-state index >= 15 is 0 Å². The molecule has 0 aliphatic carbocycles. The van der Waals surface area contributed by atoms with Gasteiger partial charge in [-0.15, -0.1) is 10.2 Å². The second kappa shape index (κ2) is 7.81. The first-order chi connectivity index (χ1) is 14.5. The summed E-state index contributed by atoms with van der Waals surface area (Å²) in [6.07, 6.45) is 0.803. The molecule has 6 nitrogen and oxygen atoms in total. The van der Waals surface area contributed by atoms with Crippen LogP contribution in [0.25, 0.3) is 0 Å². The maximum atomic E-state index is 13.4. The molecule has 1 saturated heterocycles. The van der Waals surface area contributed by atoms with Gasteiger partial charge in [0.05, 0.1) is 0 Å². The van der Waals surface area contributed by atoms with Crippen LogP contribution in [-0.2, 0) is 19.5 Å². The van der Waals surface area contributed by atoms with E-state index in [9.17, 15) is 9.18 Å². The SMILES string of the molecule is O=C(Nc1cccc(F)c1)c1nnc2n1CC1CN(Cc3cccc(Cl)c3)CC1C2. The molecule has 0 saturated carbocycles. The van der Waals surface area contributed by atoms with Gasteiger partial charge in [-0.2, -0.15) is 0 Å². The Morgan fingerprint density at radius 2 is 1.93 bits per heavy atom. The van der Waals surface area contributed by atoms with Crippen LogP contribution in [0.4, 0.5) is 10.1 Å².